The number of para-hydroxylation sites is 1. The van der Waals surface area contributed by atoms with Crippen molar-refractivity contribution in [3.63, 3.8) is 0 Å². The number of fused-ring (bicyclic) bond motifs is 2. The van der Waals surface area contributed by atoms with Gasteiger partial charge in [-0.25, -0.2) is 4.68 Å². The fourth-order valence-corrected chi connectivity index (χ4v) is 7.77. The summed E-state index contributed by atoms with van der Waals surface area (Å²) in [4.78, 5) is 47.3. The molecule has 41 heavy (non-hydrogen) atoms. The second-order valence-electron chi connectivity index (χ2n) is 10.9. The Labute approximate surface area is 247 Å². The highest BCUT2D eigenvalue weighted by Crippen LogP contribution is 2.60. The number of amides is 3. The standard InChI is InChI=1S/C29H37BrN6O5/c1-4-12-33(13-5-2)26(38)22-23-27(39)35(15-9-16-37)25(29(23)17-19(30)24(22)41-29)28(40)34(14-6-3)18-36-21-11-8-7-10-20(21)31-32-36/h4,6-8,10-11,19,22-25,37H,1,3,5,9,12-18H2,2H3/t19?,22-,23+,24-,25?,29?/m1/s1. The molecule has 2 bridgehead atoms. The van der Waals surface area contributed by atoms with E-state index in [9.17, 15) is 19.5 Å². The van der Waals surface area contributed by atoms with Gasteiger partial charge in [-0.2, -0.15) is 0 Å². The van der Waals surface area contributed by atoms with Gasteiger partial charge < -0.3 is 24.5 Å². The fourth-order valence-electron chi connectivity index (χ4n) is 6.83. The van der Waals surface area contributed by atoms with E-state index in [2.05, 4.69) is 39.4 Å². The van der Waals surface area contributed by atoms with Crippen LogP contribution in [0, 0.1) is 11.8 Å². The van der Waals surface area contributed by atoms with Crippen LogP contribution in [0.5, 0.6) is 0 Å². The molecule has 1 aromatic carbocycles. The van der Waals surface area contributed by atoms with Gasteiger partial charge in [0.25, 0.3) is 0 Å². The van der Waals surface area contributed by atoms with Gasteiger partial charge in [-0.1, -0.05) is 52.4 Å². The van der Waals surface area contributed by atoms with Crippen LogP contribution in [0.15, 0.2) is 49.6 Å². The van der Waals surface area contributed by atoms with E-state index in [4.69, 9.17) is 4.74 Å². The number of benzene rings is 1. The van der Waals surface area contributed by atoms with Crippen LogP contribution >= 0.6 is 15.9 Å². The van der Waals surface area contributed by atoms with Gasteiger partial charge in [0.15, 0.2) is 0 Å². The van der Waals surface area contributed by atoms with Crippen molar-refractivity contribution in [3.8, 4) is 0 Å². The summed E-state index contributed by atoms with van der Waals surface area (Å²) < 4.78 is 8.28. The third-order valence-electron chi connectivity index (χ3n) is 8.41. The normalized spacial score (nSPS) is 28.2. The summed E-state index contributed by atoms with van der Waals surface area (Å²) in [5, 5.41) is 18.1. The first-order chi connectivity index (χ1) is 19.8. The smallest absolute Gasteiger partial charge is 0.250 e. The molecular formula is C29H37BrN6O5. The average Bonchev–Trinajstić information content (AvgIpc) is 3.68. The molecule has 3 saturated heterocycles. The Kier molecular flexibility index (Phi) is 8.62. The summed E-state index contributed by atoms with van der Waals surface area (Å²) >= 11 is 3.73. The minimum absolute atomic E-state index is 0.0950. The van der Waals surface area contributed by atoms with E-state index in [-0.39, 0.29) is 48.9 Å². The monoisotopic (exact) mass is 628 g/mol. The molecule has 0 saturated carbocycles. The van der Waals surface area contributed by atoms with Gasteiger partial charge >= 0.3 is 0 Å². The third-order valence-corrected chi connectivity index (χ3v) is 9.25. The molecule has 3 fully saturated rings. The maximum Gasteiger partial charge on any atom is 0.250 e. The minimum atomic E-state index is -1.18. The summed E-state index contributed by atoms with van der Waals surface area (Å²) in [5.41, 5.74) is 0.293. The molecule has 0 radical (unpaired) electrons. The van der Waals surface area contributed by atoms with Crippen LogP contribution in [-0.4, -0.2) is 108 Å². The van der Waals surface area contributed by atoms with E-state index in [0.717, 1.165) is 11.9 Å². The van der Waals surface area contributed by atoms with Crippen LogP contribution in [0.1, 0.15) is 26.2 Å². The van der Waals surface area contributed by atoms with Crippen molar-refractivity contribution in [3.05, 3.63) is 49.6 Å². The number of hydrogen-bond donors (Lipinski definition) is 1. The fraction of sp³-hybridized carbons (Fsp3) is 0.552. The first kappa shape index (κ1) is 29.4. The van der Waals surface area contributed by atoms with Crippen molar-refractivity contribution in [1.29, 1.82) is 0 Å². The van der Waals surface area contributed by atoms with Gasteiger partial charge in [0.1, 0.15) is 23.8 Å². The lowest BCUT2D eigenvalue weighted by Gasteiger charge is -2.37. The lowest BCUT2D eigenvalue weighted by Crippen LogP contribution is -2.57. The highest BCUT2D eigenvalue weighted by Gasteiger charge is 2.76. The number of aliphatic hydroxyl groups excluding tert-OH is 1. The van der Waals surface area contributed by atoms with Crippen molar-refractivity contribution in [2.24, 2.45) is 11.8 Å². The Morgan fingerprint density at radius 3 is 2.66 bits per heavy atom. The average molecular weight is 630 g/mol. The molecule has 3 aliphatic rings. The van der Waals surface area contributed by atoms with Gasteiger partial charge in [0.2, 0.25) is 17.7 Å². The molecular weight excluding hydrogens is 592 g/mol. The third kappa shape index (κ3) is 4.89. The predicted octanol–water partition coefficient (Wildman–Crippen LogP) is 1.96. The number of alkyl halides is 1. The molecule has 3 aliphatic heterocycles. The SMILES string of the molecule is C=CCN(Cn1nnc2ccccc21)C(=O)C1N(CCCO)C(=O)[C@@H]2[C@@H](C(=O)N(CC=C)CCC)[C@@H]3OC12CC3Br. The highest BCUT2D eigenvalue weighted by atomic mass is 79.9. The second-order valence-corrected chi connectivity index (χ2v) is 12.1. The van der Waals surface area contributed by atoms with Crippen LogP contribution < -0.4 is 0 Å². The minimum Gasteiger partial charge on any atom is -0.396 e. The van der Waals surface area contributed by atoms with Crippen LogP contribution in [0.25, 0.3) is 11.0 Å². The van der Waals surface area contributed by atoms with Crippen LogP contribution in [0.3, 0.4) is 0 Å². The summed E-state index contributed by atoms with van der Waals surface area (Å²) in [6.07, 6.45) is 4.24. The predicted molar refractivity (Wildman–Crippen MR) is 156 cm³/mol. The number of hydrogen-bond acceptors (Lipinski definition) is 7. The molecule has 12 heteroatoms. The number of halogens is 1. The number of nitrogens with zero attached hydrogens (tertiary/aromatic N) is 6. The van der Waals surface area contributed by atoms with E-state index in [1.54, 1.807) is 26.6 Å². The lowest BCUT2D eigenvalue weighted by molar-refractivity contribution is -0.150. The zero-order valence-electron chi connectivity index (χ0n) is 23.3. The molecule has 2 aromatic rings. The topological polar surface area (TPSA) is 121 Å². The molecule has 4 heterocycles. The summed E-state index contributed by atoms with van der Waals surface area (Å²) in [6, 6.07) is 6.51. The molecule has 1 aromatic heterocycles. The summed E-state index contributed by atoms with van der Waals surface area (Å²) in [7, 11) is 0. The highest BCUT2D eigenvalue weighted by molar-refractivity contribution is 9.09. The molecule has 11 nitrogen and oxygen atoms in total. The number of carbonyl (C=O) groups excluding carboxylic acids is 3. The van der Waals surface area contributed by atoms with Gasteiger partial charge in [0.05, 0.1) is 23.5 Å². The summed E-state index contributed by atoms with van der Waals surface area (Å²) in [5.74, 6) is -2.29. The zero-order chi connectivity index (χ0) is 29.3. The van der Waals surface area contributed by atoms with E-state index in [1.807, 2.05) is 31.2 Å². The van der Waals surface area contributed by atoms with E-state index < -0.39 is 29.6 Å². The molecule has 1 spiro atoms. The van der Waals surface area contributed by atoms with Gasteiger partial charge in [-0.15, -0.1) is 18.3 Å². The van der Waals surface area contributed by atoms with Crippen molar-refractivity contribution in [2.45, 2.75) is 55.4 Å². The van der Waals surface area contributed by atoms with Crippen molar-refractivity contribution in [1.82, 2.24) is 29.7 Å². The van der Waals surface area contributed by atoms with Gasteiger partial charge in [-0.3, -0.25) is 14.4 Å². The summed E-state index contributed by atoms with van der Waals surface area (Å²) in [6.45, 7) is 10.9. The molecule has 6 atom stereocenters. The number of likely N-dealkylation sites (tertiary alicyclic amines) is 1. The van der Waals surface area contributed by atoms with Gasteiger partial charge in [0, 0.05) is 37.6 Å². The van der Waals surface area contributed by atoms with E-state index >= 15 is 0 Å². The Morgan fingerprint density at radius 2 is 1.95 bits per heavy atom. The van der Waals surface area contributed by atoms with Crippen molar-refractivity contribution in [2.75, 3.05) is 32.8 Å². The lowest BCUT2D eigenvalue weighted by atomic mass is 9.70. The zero-order valence-corrected chi connectivity index (χ0v) is 24.9. The number of rotatable bonds is 13. The molecule has 3 amide bonds. The quantitative estimate of drug-likeness (QED) is 0.266. The molecule has 220 valence electrons. The Bertz CT molecular complexity index is 1330. The largest absolute Gasteiger partial charge is 0.396 e. The van der Waals surface area contributed by atoms with E-state index in [1.165, 1.54) is 4.90 Å². The first-order valence-electron chi connectivity index (χ1n) is 14.1. The van der Waals surface area contributed by atoms with Crippen LogP contribution in [0.2, 0.25) is 0 Å². The van der Waals surface area contributed by atoms with Crippen molar-refractivity contribution < 1.29 is 24.2 Å². The number of ether oxygens (including phenoxy) is 1. The van der Waals surface area contributed by atoms with E-state index in [0.29, 0.717) is 31.4 Å². The maximum absolute atomic E-state index is 14.5. The first-order valence-corrected chi connectivity index (χ1v) is 15.0. The maximum atomic E-state index is 14.5. The van der Waals surface area contributed by atoms with Crippen molar-refractivity contribution >= 4 is 44.7 Å². The molecule has 0 aliphatic carbocycles. The Hall–Kier alpha value is -3.09. The van der Waals surface area contributed by atoms with Gasteiger partial charge in [-0.05, 0) is 31.4 Å². The molecule has 3 unspecified atom stereocenters. The van der Waals surface area contributed by atoms with Crippen LogP contribution in [-0.2, 0) is 25.8 Å². The number of carbonyl (C=O) groups is 3. The molecule has 5 rings (SSSR count). The Morgan fingerprint density at radius 1 is 1.22 bits per heavy atom. The second kappa shape index (κ2) is 12.0. The Balaban J connectivity index is 1.53. The molecule has 1 N–H and O–H groups in total. The van der Waals surface area contributed by atoms with Crippen LogP contribution in [0.4, 0.5) is 0 Å². The number of aromatic nitrogens is 3. The number of aliphatic hydroxyl groups is 1.